The number of benzene rings is 1. The summed E-state index contributed by atoms with van der Waals surface area (Å²) in [5, 5.41) is 0. The molecule has 20 heavy (non-hydrogen) atoms. The van der Waals surface area contributed by atoms with Crippen LogP contribution in [-0.4, -0.2) is 47.8 Å². The third kappa shape index (κ3) is 3.57. The lowest BCUT2D eigenvalue weighted by molar-refractivity contribution is -0.138. The fourth-order valence-corrected chi connectivity index (χ4v) is 2.35. The molecule has 0 aromatic heterocycles. The zero-order valence-electron chi connectivity index (χ0n) is 11.8. The Balaban J connectivity index is 1.87. The first-order valence-corrected chi connectivity index (χ1v) is 6.91. The van der Waals surface area contributed by atoms with Crippen LogP contribution >= 0.6 is 0 Å². The highest BCUT2D eigenvalue weighted by molar-refractivity contribution is 5.79. The van der Waals surface area contributed by atoms with Crippen LogP contribution in [-0.2, 0) is 22.6 Å². The first kappa shape index (κ1) is 14.5. The smallest absolute Gasteiger partial charge is 0.227 e. The molecule has 0 saturated carbocycles. The minimum absolute atomic E-state index is 0.0782. The van der Waals surface area contributed by atoms with E-state index in [1.54, 1.807) is 11.8 Å². The van der Waals surface area contributed by atoms with E-state index in [0.29, 0.717) is 39.1 Å². The van der Waals surface area contributed by atoms with Crippen molar-refractivity contribution in [1.29, 1.82) is 0 Å². The van der Waals surface area contributed by atoms with Gasteiger partial charge < -0.3 is 15.5 Å². The quantitative estimate of drug-likeness (QED) is 0.867. The van der Waals surface area contributed by atoms with Crippen LogP contribution in [0.15, 0.2) is 24.3 Å². The van der Waals surface area contributed by atoms with Gasteiger partial charge in [0, 0.05) is 39.6 Å². The number of amides is 2. The summed E-state index contributed by atoms with van der Waals surface area (Å²) in [5.41, 5.74) is 7.62. The predicted molar refractivity (Wildman–Crippen MR) is 76.9 cm³/mol. The molecule has 108 valence electrons. The van der Waals surface area contributed by atoms with Gasteiger partial charge in [-0.15, -0.1) is 0 Å². The van der Waals surface area contributed by atoms with E-state index in [1.165, 1.54) is 0 Å². The first-order valence-electron chi connectivity index (χ1n) is 6.91. The van der Waals surface area contributed by atoms with Crippen molar-refractivity contribution in [2.24, 2.45) is 5.73 Å². The van der Waals surface area contributed by atoms with Crippen LogP contribution < -0.4 is 5.73 Å². The zero-order chi connectivity index (χ0) is 14.5. The maximum atomic E-state index is 12.2. The molecular formula is C15H21N3O2. The van der Waals surface area contributed by atoms with E-state index in [9.17, 15) is 9.59 Å². The Hall–Kier alpha value is -1.88. The second-order valence-electron chi connectivity index (χ2n) is 5.08. The van der Waals surface area contributed by atoms with Crippen molar-refractivity contribution >= 4 is 11.8 Å². The summed E-state index contributed by atoms with van der Waals surface area (Å²) < 4.78 is 0. The van der Waals surface area contributed by atoms with Gasteiger partial charge >= 0.3 is 0 Å². The van der Waals surface area contributed by atoms with Gasteiger partial charge in [0.25, 0.3) is 0 Å². The zero-order valence-corrected chi connectivity index (χ0v) is 11.8. The van der Waals surface area contributed by atoms with Gasteiger partial charge in [-0.1, -0.05) is 24.3 Å². The van der Waals surface area contributed by atoms with E-state index in [2.05, 4.69) is 0 Å². The molecule has 5 heteroatoms. The van der Waals surface area contributed by atoms with Gasteiger partial charge in [-0.25, -0.2) is 0 Å². The fourth-order valence-electron chi connectivity index (χ4n) is 2.35. The largest absolute Gasteiger partial charge is 0.339 e. The van der Waals surface area contributed by atoms with E-state index in [4.69, 9.17) is 5.73 Å². The number of rotatable bonds is 3. The molecule has 0 radical (unpaired) electrons. The van der Waals surface area contributed by atoms with Crippen LogP contribution in [0.4, 0.5) is 0 Å². The van der Waals surface area contributed by atoms with Crippen LogP contribution in [0.2, 0.25) is 0 Å². The highest BCUT2D eigenvalue weighted by Crippen LogP contribution is 2.08. The Bertz CT molecular complexity index is 476. The molecule has 0 spiro atoms. The summed E-state index contributed by atoms with van der Waals surface area (Å²) in [6, 6.07) is 7.81. The lowest BCUT2D eigenvalue weighted by Gasteiger charge is -2.34. The molecule has 1 aliphatic rings. The monoisotopic (exact) mass is 275 g/mol. The van der Waals surface area contributed by atoms with Crippen LogP contribution in [0.1, 0.15) is 18.1 Å². The molecule has 2 N–H and O–H groups in total. The summed E-state index contributed by atoms with van der Waals surface area (Å²) in [4.78, 5) is 27.0. The highest BCUT2D eigenvalue weighted by Gasteiger charge is 2.22. The summed E-state index contributed by atoms with van der Waals surface area (Å²) in [6.07, 6.45) is 0.408. The average molecular weight is 275 g/mol. The minimum atomic E-state index is 0.0782. The molecule has 0 unspecified atom stereocenters. The molecule has 0 atom stereocenters. The van der Waals surface area contributed by atoms with Gasteiger partial charge in [0.2, 0.25) is 11.8 Å². The third-order valence-electron chi connectivity index (χ3n) is 3.69. The third-order valence-corrected chi connectivity index (χ3v) is 3.69. The van der Waals surface area contributed by atoms with Crippen molar-refractivity contribution in [2.75, 3.05) is 26.2 Å². The molecule has 1 aliphatic heterocycles. The van der Waals surface area contributed by atoms with Crippen molar-refractivity contribution in [3.8, 4) is 0 Å². The SMILES string of the molecule is CC(=O)N1CCN(C(=O)Cc2ccc(CN)cc2)CC1. The fraction of sp³-hybridized carbons (Fsp3) is 0.467. The molecule has 1 heterocycles. The van der Waals surface area contributed by atoms with Gasteiger partial charge in [-0.2, -0.15) is 0 Å². The molecule has 5 nitrogen and oxygen atoms in total. The number of hydrogen-bond donors (Lipinski definition) is 1. The van der Waals surface area contributed by atoms with Crippen LogP contribution in [0.5, 0.6) is 0 Å². The number of carbonyl (C=O) groups is 2. The van der Waals surface area contributed by atoms with Crippen molar-refractivity contribution in [3.63, 3.8) is 0 Å². The summed E-state index contributed by atoms with van der Waals surface area (Å²) in [6.45, 7) is 4.59. The van der Waals surface area contributed by atoms with Gasteiger partial charge in [-0.05, 0) is 11.1 Å². The van der Waals surface area contributed by atoms with Gasteiger partial charge in [0.1, 0.15) is 0 Å². The molecule has 0 aliphatic carbocycles. The Morgan fingerprint density at radius 3 is 2.00 bits per heavy atom. The number of nitrogens with two attached hydrogens (primary N) is 1. The summed E-state index contributed by atoms with van der Waals surface area (Å²) in [7, 11) is 0. The molecule has 1 saturated heterocycles. The van der Waals surface area contributed by atoms with Crippen molar-refractivity contribution in [2.45, 2.75) is 19.9 Å². The van der Waals surface area contributed by atoms with E-state index in [1.807, 2.05) is 29.2 Å². The predicted octanol–water partition coefficient (Wildman–Crippen LogP) is 0.379. The molecule has 2 rings (SSSR count). The Morgan fingerprint density at radius 2 is 1.50 bits per heavy atom. The lowest BCUT2D eigenvalue weighted by atomic mass is 10.1. The molecular weight excluding hydrogens is 254 g/mol. The molecule has 2 amide bonds. The molecule has 1 fully saturated rings. The topological polar surface area (TPSA) is 66.6 Å². The first-order chi connectivity index (χ1) is 9.60. The Morgan fingerprint density at radius 1 is 1.00 bits per heavy atom. The second-order valence-corrected chi connectivity index (χ2v) is 5.08. The number of piperazine rings is 1. The maximum Gasteiger partial charge on any atom is 0.227 e. The van der Waals surface area contributed by atoms with Gasteiger partial charge in [0.15, 0.2) is 0 Å². The van der Waals surface area contributed by atoms with Gasteiger partial charge in [-0.3, -0.25) is 9.59 Å². The van der Waals surface area contributed by atoms with E-state index < -0.39 is 0 Å². The summed E-state index contributed by atoms with van der Waals surface area (Å²) >= 11 is 0. The summed E-state index contributed by atoms with van der Waals surface area (Å²) in [5.74, 6) is 0.197. The molecule has 1 aromatic carbocycles. The maximum absolute atomic E-state index is 12.2. The van der Waals surface area contributed by atoms with E-state index >= 15 is 0 Å². The van der Waals surface area contributed by atoms with E-state index in [-0.39, 0.29) is 11.8 Å². The molecule has 0 bridgehead atoms. The van der Waals surface area contributed by atoms with Crippen molar-refractivity contribution in [1.82, 2.24) is 9.80 Å². The van der Waals surface area contributed by atoms with Crippen LogP contribution in [0, 0.1) is 0 Å². The lowest BCUT2D eigenvalue weighted by Crippen LogP contribution is -2.50. The number of nitrogens with zero attached hydrogens (tertiary/aromatic N) is 2. The van der Waals surface area contributed by atoms with Crippen LogP contribution in [0.3, 0.4) is 0 Å². The number of hydrogen-bond acceptors (Lipinski definition) is 3. The van der Waals surface area contributed by atoms with Crippen molar-refractivity contribution in [3.05, 3.63) is 35.4 Å². The number of carbonyl (C=O) groups excluding carboxylic acids is 2. The Kier molecular flexibility index (Phi) is 4.74. The minimum Gasteiger partial charge on any atom is -0.339 e. The Labute approximate surface area is 119 Å². The highest BCUT2D eigenvalue weighted by atomic mass is 16.2. The van der Waals surface area contributed by atoms with Crippen molar-refractivity contribution < 1.29 is 9.59 Å². The standard InChI is InChI=1S/C15H21N3O2/c1-12(19)17-6-8-18(9-7-17)15(20)10-13-2-4-14(11-16)5-3-13/h2-5H,6-11,16H2,1H3. The van der Waals surface area contributed by atoms with Gasteiger partial charge in [0.05, 0.1) is 6.42 Å². The normalized spacial score (nSPS) is 15.3. The van der Waals surface area contributed by atoms with Crippen LogP contribution in [0.25, 0.3) is 0 Å². The molecule has 1 aromatic rings. The second kappa shape index (κ2) is 6.52. The average Bonchev–Trinajstić information content (AvgIpc) is 2.48. The van der Waals surface area contributed by atoms with E-state index in [0.717, 1.165) is 11.1 Å².